The Morgan fingerprint density at radius 3 is 2.74 bits per heavy atom. The van der Waals surface area contributed by atoms with E-state index >= 15 is 0 Å². The highest BCUT2D eigenvalue weighted by molar-refractivity contribution is 7.89. The van der Waals surface area contributed by atoms with Crippen molar-refractivity contribution in [2.75, 3.05) is 7.11 Å². The molecule has 1 aromatic rings. The Morgan fingerprint density at radius 1 is 1.58 bits per heavy atom. The summed E-state index contributed by atoms with van der Waals surface area (Å²) < 4.78 is 29.8. The molecule has 9 nitrogen and oxygen atoms in total. The third-order valence-electron chi connectivity index (χ3n) is 2.23. The number of esters is 1. The van der Waals surface area contributed by atoms with Crippen LogP contribution in [0.15, 0.2) is 17.3 Å². The number of carbonyl (C=O) groups is 2. The molecular formula is C9H13N3O6S. The predicted octanol–water partition coefficient (Wildman–Crippen LogP) is -0.906. The van der Waals surface area contributed by atoms with Gasteiger partial charge in [0, 0.05) is 6.42 Å². The standard InChI is InChI=1S/C9H13N3O6S/c1-18-8(13)3-2-6(9(14)15)12-19(16,17)7-4-5-10-11-7/h4-6,12H,2-3H2,1H3,(H,10,11)(H,14,15)/t6-/m1/s1. The number of carboxylic acid groups (broad SMARTS) is 1. The van der Waals surface area contributed by atoms with Crippen molar-refractivity contribution in [3.05, 3.63) is 12.3 Å². The Balaban J connectivity index is 2.74. The number of methoxy groups -OCH3 is 1. The second-order valence-electron chi connectivity index (χ2n) is 3.55. The molecule has 0 aliphatic carbocycles. The molecule has 19 heavy (non-hydrogen) atoms. The maximum atomic E-state index is 11.8. The second kappa shape index (κ2) is 6.29. The van der Waals surface area contributed by atoms with Gasteiger partial charge in [-0.1, -0.05) is 0 Å². The highest BCUT2D eigenvalue weighted by Crippen LogP contribution is 2.07. The molecule has 1 aromatic heterocycles. The van der Waals surface area contributed by atoms with Crippen molar-refractivity contribution in [3.63, 3.8) is 0 Å². The van der Waals surface area contributed by atoms with Gasteiger partial charge in [0.25, 0.3) is 10.0 Å². The average Bonchev–Trinajstić information content (AvgIpc) is 2.88. The summed E-state index contributed by atoms with van der Waals surface area (Å²) in [5, 5.41) is 14.3. The van der Waals surface area contributed by atoms with Crippen LogP contribution in [0.25, 0.3) is 0 Å². The molecule has 0 fully saturated rings. The third-order valence-corrected chi connectivity index (χ3v) is 3.63. The number of sulfonamides is 1. The van der Waals surface area contributed by atoms with Crippen LogP contribution in [0.4, 0.5) is 0 Å². The Morgan fingerprint density at radius 2 is 2.26 bits per heavy atom. The van der Waals surface area contributed by atoms with E-state index < -0.39 is 28.0 Å². The Labute approximate surface area is 109 Å². The number of rotatable bonds is 7. The van der Waals surface area contributed by atoms with Crippen LogP contribution >= 0.6 is 0 Å². The quantitative estimate of drug-likeness (QED) is 0.553. The summed E-state index contributed by atoms with van der Waals surface area (Å²) in [6.07, 6.45) is 0.799. The summed E-state index contributed by atoms with van der Waals surface area (Å²) in [7, 11) is -2.86. The Bertz CT molecular complexity index is 538. The molecule has 106 valence electrons. The lowest BCUT2D eigenvalue weighted by molar-refractivity contribution is -0.142. The molecule has 1 atom stereocenters. The monoisotopic (exact) mass is 291 g/mol. The highest BCUT2D eigenvalue weighted by atomic mass is 32.2. The molecule has 0 saturated heterocycles. The minimum absolute atomic E-state index is 0.209. The van der Waals surface area contributed by atoms with Crippen LogP contribution in [0.2, 0.25) is 0 Å². The average molecular weight is 291 g/mol. The molecule has 3 N–H and O–H groups in total. The first-order valence-corrected chi connectivity index (χ1v) is 6.66. The number of carboxylic acids is 1. The van der Waals surface area contributed by atoms with Crippen molar-refractivity contribution < 1.29 is 27.9 Å². The first-order chi connectivity index (χ1) is 8.86. The zero-order chi connectivity index (χ0) is 14.5. The number of nitrogens with one attached hydrogen (secondary N) is 2. The van der Waals surface area contributed by atoms with Crippen molar-refractivity contribution in [1.82, 2.24) is 14.9 Å². The molecule has 1 heterocycles. The number of ether oxygens (including phenoxy) is 1. The maximum Gasteiger partial charge on any atom is 0.321 e. The number of H-pyrrole nitrogens is 1. The van der Waals surface area contributed by atoms with Crippen LogP contribution < -0.4 is 4.72 Å². The van der Waals surface area contributed by atoms with Crippen molar-refractivity contribution in [2.24, 2.45) is 0 Å². The van der Waals surface area contributed by atoms with Crippen molar-refractivity contribution in [2.45, 2.75) is 23.9 Å². The van der Waals surface area contributed by atoms with Gasteiger partial charge in [-0.15, -0.1) is 0 Å². The molecule has 0 amide bonds. The summed E-state index contributed by atoms with van der Waals surface area (Å²) in [5.41, 5.74) is 0. The van der Waals surface area contributed by atoms with E-state index in [4.69, 9.17) is 5.11 Å². The lowest BCUT2D eigenvalue weighted by atomic mass is 10.2. The van der Waals surface area contributed by atoms with Gasteiger partial charge in [-0.3, -0.25) is 14.7 Å². The van der Waals surface area contributed by atoms with Gasteiger partial charge in [-0.05, 0) is 12.5 Å². The molecule has 10 heteroatoms. The van der Waals surface area contributed by atoms with Gasteiger partial charge in [-0.2, -0.15) is 9.82 Å². The first kappa shape index (κ1) is 15.1. The van der Waals surface area contributed by atoms with Gasteiger partial charge < -0.3 is 9.84 Å². The molecule has 0 aliphatic heterocycles. The van der Waals surface area contributed by atoms with Crippen LogP contribution in [0.3, 0.4) is 0 Å². The lowest BCUT2D eigenvalue weighted by Crippen LogP contribution is -2.41. The van der Waals surface area contributed by atoms with E-state index in [2.05, 4.69) is 14.9 Å². The predicted molar refractivity (Wildman–Crippen MR) is 61.6 cm³/mol. The second-order valence-corrected chi connectivity index (χ2v) is 5.23. The first-order valence-electron chi connectivity index (χ1n) is 5.18. The van der Waals surface area contributed by atoms with Gasteiger partial charge >= 0.3 is 11.9 Å². The molecule has 0 unspecified atom stereocenters. The number of nitrogens with zero attached hydrogens (tertiary/aromatic N) is 1. The van der Waals surface area contributed by atoms with Crippen LogP contribution in [0.1, 0.15) is 12.8 Å². The van der Waals surface area contributed by atoms with E-state index in [1.807, 2.05) is 4.72 Å². The number of aromatic nitrogens is 2. The molecular weight excluding hydrogens is 278 g/mol. The third kappa shape index (κ3) is 4.34. The number of hydrogen-bond acceptors (Lipinski definition) is 6. The van der Waals surface area contributed by atoms with E-state index in [1.165, 1.54) is 12.3 Å². The zero-order valence-electron chi connectivity index (χ0n) is 9.99. The van der Waals surface area contributed by atoms with E-state index in [0.717, 1.165) is 7.11 Å². The fourth-order valence-electron chi connectivity index (χ4n) is 1.24. The topological polar surface area (TPSA) is 138 Å². The van der Waals surface area contributed by atoms with E-state index in [9.17, 15) is 18.0 Å². The molecule has 0 radical (unpaired) electrons. The van der Waals surface area contributed by atoms with Crippen LogP contribution in [-0.2, 0) is 24.3 Å². The highest BCUT2D eigenvalue weighted by Gasteiger charge is 2.26. The Kier molecular flexibility index (Phi) is 5.01. The number of hydrogen-bond donors (Lipinski definition) is 3. The fourth-order valence-corrected chi connectivity index (χ4v) is 2.37. The summed E-state index contributed by atoms with van der Waals surface area (Å²) in [5.74, 6) is -2.00. The molecule has 0 spiro atoms. The SMILES string of the molecule is COC(=O)CC[C@@H](NS(=O)(=O)c1ccn[nH]1)C(=O)O. The zero-order valence-corrected chi connectivity index (χ0v) is 10.8. The van der Waals surface area contributed by atoms with Crippen molar-refractivity contribution >= 4 is 22.0 Å². The van der Waals surface area contributed by atoms with Gasteiger partial charge in [-0.25, -0.2) is 8.42 Å². The molecule has 0 bridgehead atoms. The minimum atomic E-state index is -4.02. The molecule has 0 aromatic carbocycles. The Hall–Kier alpha value is -1.94. The molecule has 1 rings (SSSR count). The smallest absolute Gasteiger partial charge is 0.321 e. The summed E-state index contributed by atoms with van der Waals surface area (Å²) in [6.45, 7) is 0. The van der Waals surface area contributed by atoms with Crippen molar-refractivity contribution in [3.8, 4) is 0 Å². The van der Waals surface area contributed by atoms with Gasteiger partial charge in [0.2, 0.25) is 0 Å². The van der Waals surface area contributed by atoms with Gasteiger partial charge in [0.05, 0.1) is 13.3 Å². The normalized spacial score (nSPS) is 12.9. The van der Waals surface area contributed by atoms with Crippen LogP contribution in [-0.4, -0.2) is 48.8 Å². The largest absolute Gasteiger partial charge is 0.480 e. The fraction of sp³-hybridized carbons (Fsp3) is 0.444. The van der Waals surface area contributed by atoms with Crippen molar-refractivity contribution in [1.29, 1.82) is 0 Å². The van der Waals surface area contributed by atoms with Gasteiger partial charge in [0.1, 0.15) is 6.04 Å². The number of aliphatic carboxylic acids is 1. The van der Waals surface area contributed by atoms with Gasteiger partial charge in [0.15, 0.2) is 5.03 Å². The summed E-state index contributed by atoms with van der Waals surface area (Å²) >= 11 is 0. The van der Waals surface area contributed by atoms with Crippen LogP contribution in [0, 0.1) is 0 Å². The lowest BCUT2D eigenvalue weighted by Gasteiger charge is -2.13. The molecule has 0 saturated carbocycles. The molecule has 0 aliphatic rings. The summed E-state index contributed by atoms with van der Waals surface area (Å²) in [6, 6.07) is -0.242. The minimum Gasteiger partial charge on any atom is -0.480 e. The number of aromatic amines is 1. The summed E-state index contributed by atoms with van der Waals surface area (Å²) in [4.78, 5) is 21.9. The van der Waals surface area contributed by atoms with E-state index in [1.54, 1.807) is 0 Å². The number of carbonyl (C=O) groups excluding carboxylic acids is 1. The maximum absolute atomic E-state index is 11.8. The van der Waals surface area contributed by atoms with E-state index in [-0.39, 0.29) is 17.9 Å². The van der Waals surface area contributed by atoms with Crippen LogP contribution in [0.5, 0.6) is 0 Å². The van der Waals surface area contributed by atoms with E-state index in [0.29, 0.717) is 0 Å².